The van der Waals surface area contributed by atoms with Gasteiger partial charge in [-0.2, -0.15) is 0 Å². The fourth-order valence-electron chi connectivity index (χ4n) is 3.14. The van der Waals surface area contributed by atoms with Crippen LogP contribution in [0.15, 0.2) is 39.8 Å². The van der Waals surface area contributed by atoms with E-state index in [-0.39, 0.29) is 29.3 Å². The summed E-state index contributed by atoms with van der Waals surface area (Å²) in [6.07, 6.45) is 1.77. The molecule has 0 atom stereocenters. The van der Waals surface area contributed by atoms with Gasteiger partial charge in [0.15, 0.2) is 0 Å². The van der Waals surface area contributed by atoms with E-state index in [0.717, 1.165) is 24.1 Å². The minimum atomic E-state index is -3.49. The summed E-state index contributed by atoms with van der Waals surface area (Å²) in [5, 5.41) is 7.43. The molecule has 1 fully saturated rings. The molecule has 2 N–H and O–H groups in total. The van der Waals surface area contributed by atoms with Crippen molar-refractivity contribution in [3.05, 3.63) is 52.8 Å². The maximum atomic E-state index is 12.9. The zero-order chi connectivity index (χ0) is 21.5. The smallest absolute Gasteiger partial charge is 0.259 e. The van der Waals surface area contributed by atoms with E-state index >= 15 is 0 Å². The van der Waals surface area contributed by atoms with Gasteiger partial charge in [-0.1, -0.05) is 31.1 Å². The predicted molar refractivity (Wildman–Crippen MR) is 112 cm³/mol. The van der Waals surface area contributed by atoms with Gasteiger partial charge in [-0.3, -0.25) is 4.79 Å². The molecule has 4 rings (SSSR count). The number of sulfonamides is 1. The Bertz CT molecular complexity index is 1200. The Hall–Kier alpha value is -2.78. The molecule has 1 amide bonds. The molecule has 1 aliphatic rings. The molecule has 0 unspecified atom stereocenters. The lowest BCUT2D eigenvalue weighted by Crippen LogP contribution is -2.26. The van der Waals surface area contributed by atoms with Gasteiger partial charge in [0.1, 0.15) is 0 Å². The number of fused-ring (bicyclic) bond motifs is 1. The Balaban J connectivity index is 1.50. The number of carbonyl (C=O) groups is 1. The lowest BCUT2D eigenvalue weighted by Gasteiger charge is -2.10. The summed E-state index contributed by atoms with van der Waals surface area (Å²) in [6.45, 7) is 6.02. The fourth-order valence-corrected chi connectivity index (χ4v) is 4.45. The number of hydrogen-bond donors (Lipinski definition) is 2. The second kappa shape index (κ2) is 7.81. The lowest BCUT2D eigenvalue weighted by atomic mass is 10.0. The molecule has 2 aromatic heterocycles. The maximum absolute atomic E-state index is 12.9. The molecule has 158 valence electrons. The van der Waals surface area contributed by atoms with Crippen LogP contribution < -0.4 is 10.0 Å². The van der Waals surface area contributed by atoms with Crippen molar-refractivity contribution in [2.24, 2.45) is 0 Å². The molecule has 0 spiro atoms. The summed E-state index contributed by atoms with van der Waals surface area (Å²) < 4.78 is 32.4. The summed E-state index contributed by atoms with van der Waals surface area (Å²) in [4.78, 5) is 17.6. The molecule has 8 nitrogen and oxygen atoms in total. The monoisotopic (exact) mass is 428 g/mol. The van der Waals surface area contributed by atoms with Gasteiger partial charge in [-0.15, -0.1) is 0 Å². The predicted octanol–water partition coefficient (Wildman–Crippen LogP) is 3.03. The minimum Gasteiger partial charge on any atom is -0.348 e. The van der Waals surface area contributed by atoms with E-state index in [2.05, 4.69) is 20.2 Å². The van der Waals surface area contributed by atoms with Gasteiger partial charge >= 0.3 is 0 Å². The summed E-state index contributed by atoms with van der Waals surface area (Å²) in [7, 11) is -3.49. The fraction of sp³-hybridized carbons (Fsp3) is 0.381. The van der Waals surface area contributed by atoms with Gasteiger partial charge in [-0.25, -0.2) is 18.1 Å². The molecular formula is C21H24N4O4S. The average molecular weight is 429 g/mol. The van der Waals surface area contributed by atoms with Crippen LogP contribution in [0.4, 0.5) is 0 Å². The van der Waals surface area contributed by atoms with Crippen molar-refractivity contribution in [3.8, 4) is 0 Å². The van der Waals surface area contributed by atoms with Crippen LogP contribution in [0.5, 0.6) is 0 Å². The molecule has 0 saturated heterocycles. The van der Waals surface area contributed by atoms with E-state index in [1.165, 1.54) is 0 Å². The number of aryl methyl sites for hydroxylation is 1. The Kier molecular flexibility index (Phi) is 5.33. The second-order valence-electron chi connectivity index (χ2n) is 7.92. The van der Waals surface area contributed by atoms with Gasteiger partial charge < -0.3 is 9.84 Å². The highest BCUT2D eigenvalue weighted by molar-refractivity contribution is 7.89. The number of aromatic nitrogens is 2. The first-order valence-electron chi connectivity index (χ1n) is 9.91. The first-order chi connectivity index (χ1) is 14.2. The van der Waals surface area contributed by atoms with Crippen molar-refractivity contribution < 1.29 is 17.7 Å². The highest BCUT2D eigenvalue weighted by Gasteiger charge is 2.27. The molecule has 1 saturated carbocycles. The summed E-state index contributed by atoms with van der Waals surface area (Å²) in [5.74, 6) is -0.132. The number of amides is 1. The summed E-state index contributed by atoms with van der Waals surface area (Å²) in [5.41, 5.74) is 2.97. The van der Waals surface area contributed by atoms with Crippen molar-refractivity contribution in [1.82, 2.24) is 20.2 Å². The van der Waals surface area contributed by atoms with Crippen LogP contribution in [0, 0.1) is 6.92 Å². The second-order valence-corrected chi connectivity index (χ2v) is 9.63. The number of nitrogens with zero attached hydrogens (tertiary/aromatic N) is 2. The Morgan fingerprint density at radius 1 is 1.23 bits per heavy atom. The van der Waals surface area contributed by atoms with E-state index < -0.39 is 10.0 Å². The number of hydrogen-bond acceptors (Lipinski definition) is 6. The largest absolute Gasteiger partial charge is 0.348 e. The topological polar surface area (TPSA) is 114 Å². The van der Waals surface area contributed by atoms with Crippen molar-refractivity contribution in [2.75, 3.05) is 0 Å². The van der Waals surface area contributed by atoms with Crippen LogP contribution in [0.1, 0.15) is 59.9 Å². The van der Waals surface area contributed by atoms with E-state index in [1.807, 2.05) is 13.8 Å². The third-order valence-electron chi connectivity index (χ3n) is 5.06. The summed E-state index contributed by atoms with van der Waals surface area (Å²) >= 11 is 0. The Morgan fingerprint density at radius 2 is 1.93 bits per heavy atom. The maximum Gasteiger partial charge on any atom is 0.259 e. The van der Waals surface area contributed by atoms with Gasteiger partial charge in [0, 0.05) is 18.3 Å². The summed E-state index contributed by atoms with van der Waals surface area (Å²) in [6, 6.07) is 8.34. The number of nitrogens with one attached hydrogen (secondary N) is 2. The molecule has 0 aliphatic heterocycles. The van der Waals surface area contributed by atoms with Crippen LogP contribution in [0.2, 0.25) is 0 Å². The highest BCUT2D eigenvalue weighted by atomic mass is 32.2. The number of benzene rings is 1. The molecule has 1 aromatic carbocycles. The lowest BCUT2D eigenvalue weighted by molar-refractivity contribution is 0.0952. The average Bonchev–Trinajstić information content (AvgIpc) is 3.44. The minimum absolute atomic E-state index is 0.0581. The van der Waals surface area contributed by atoms with Gasteiger partial charge in [0.2, 0.25) is 10.0 Å². The quantitative estimate of drug-likeness (QED) is 0.598. The normalized spacial score (nSPS) is 14.4. The van der Waals surface area contributed by atoms with Crippen molar-refractivity contribution >= 4 is 27.0 Å². The Morgan fingerprint density at radius 3 is 2.57 bits per heavy atom. The van der Waals surface area contributed by atoms with E-state index in [9.17, 15) is 13.2 Å². The first-order valence-corrected chi connectivity index (χ1v) is 11.4. The first kappa shape index (κ1) is 20.5. The number of carbonyl (C=O) groups excluding carboxylic acids is 1. The van der Waals surface area contributed by atoms with Gasteiger partial charge in [0.25, 0.3) is 11.6 Å². The van der Waals surface area contributed by atoms with E-state index in [4.69, 9.17) is 4.52 Å². The van der Waals surface area contributed by atoms with Crippen LogP contribution in [-0.2, 0) is 16.6 Å². The molecule has 30 heavy (non-hydrogen) atoms. The molecule has 0 radical (unpaired) electrons. The van der Waals surface area contributed by atoms with Crippen LogP contribution in [0.3, 0.4) is 0 Å². The third kappa shape index (κ3) is 4.22. The number of rotatable bonds is 7. The molecule has 1 aliphatic carbocycles. The zero-order valence-electron chi connectivity index (χ0n) is 17.1. The zero-order valence-corrected chi connectivity index (χ0v) is 17.9. The Labute approximate surface area is 175 Å². The van der Waals surface area contributed by atoms with Crippen LogP contribution in [0.25, 0.3) is 11.1 Å². The standard InChI is InChI=1S/C21H24N4O4S/c1-12(2)18-10-17(19-13(3)24-29-21(19)23-18)20(26)22-11-14-4-8-16(9-5-14)30(27,28)25-15-6-7-15/h4-5,8-10,12,15,25H,6-7,11H2,1-3H3,(H,22,26). The molecule has 2 heterocycles. The third-order valence-corrected chi connectivity index (χ3v) is 6.60. The van der Waals surface area contributed by atoms with Gasteiger partial charge in [0.05, 0.1) is 21.5 Å². The van der Waals surface area contributed by atoms with E-state index in [1.54, 1.807) is 37.3 Å². The SMILES string of the molecule is Cc1noc2nc(C(C)C)cc(C(=O)NCc3ccc(S(=O)(=O)NC4CC4)cc3)c12. The van der Waals surface area contributed by atoms with Crippen molar-refractivity contribution in [1.29, 1.82) is 0 Å². The molecule has 0 bridgehead atoms. The molecule has 3 aromatic rings. The van der Waals surface area contributed by atoms with Gasteiger partial charge in [-0.05, 0) is 49.4 Å². The van der Waals surface area contributed by atoms with Crippen LogP contribution in [-0.4, -0.2) is 30.5 Å². The van der Waals surface area contributed by atoms with E-state index in [0.29, 0.717) is 22.4 Å². The van der Waals surface area contributed by atoms with Crippen LogP contribution >= 0.6 is 0 Å². The highest BCUT2D eigenvalue weighted by Crippen LogP contribution is 2.25. The number of pyridine rings is 1. The molecular weight excluding hydrogens is 404 g/mol. The molecule has 9 heteroatoms. The van der Waals surface area contributed by atoms with Crippen molar-refractivity contribution in [3.63, 3.8) is 0 Å². The van der Waals surface area contributed by atoms with Crippen molar-refractivity contribution in [2.45, 2.75) is 57.0 Å².